The molecule has 0 saturated carbocycles. The summed E-state index contributed by atoms with van der Waals surface area (Å²) < 4.78 is 1.26. The van der Waals surface area contributed by atoms with E-state index in [9.17, 15) is 4.79 Å². The molecule has 1 aromatic heterocycles. The normalized spacial score (nSPS) is 11.6. The molecule has 0 aliphatic rings. The molecule has 0 amide bonds. The third-order valence-electron chi connectivity index (χ3n) is 3.83. The van der Waals surface area contributed by atoms with E-state index in [1.165, 1.54) is 10.9 Å². The number of aromatic nitrogens is 2. The summed E-state index contributed by atoms with van der Waals surface area (Å²) in [5.74, 6) is 0.196. The lowest BCUT2D eigenvalue weighted by Gasteiger charge is -2.12. The van der Waals surface area contributed by atoms with Crippen LogP contribution in [0.1, 0.15) is 19.4 Å². The van der Waals surface area contributed by atoms with E-state index in [1.807, 2.05) is 48.5 Å². The molecule has 0 radical (unpaired) electrons. The number of hydrogen-bond acceptors (Lipinski definition) is 4. The summed E-state index contributed by atoms with van der Waals surface area (Å²) in [6.45, 7) is 4.11. The largest absolute Gasteiger partial charge is 0.292 e. The molecular weight excluding hydrogens is 348 g/mol. The minimum atomic E-state index is -0.399. The first kappa shape index (κ1) is 17.9. The molecule has 132 valence electrons. The Kier molecular flexibility index (Phi) is 5.49. The van der Waals surface area contributed by atoms with Gasteiger partial charge in [-0.2, -0.15) is 14.9 Å². The summed E-state index contributed by atoms with van der Waals surface area (Å²) >= 11 is 6.25. The van der Waals surface area contributed by atoms with E-state index >= 15 is 0 Å². The van der Waals surface area contributed by atoms with E-state index in [0.717, 1.165) is 11.3 Å². The van der Waals surface area contributed by atoms with Crippen molar-refractivity contribution in [3.8, 4) is 5.69 Å². The molecule has 1 N–H and O–H groups in total. The van der Waals surface area contributed by atoms with Gasteiger partial charge in [-0.25, -0.2) is 0 Å². The average Bonchev–Trinajstić information content (AvgIpc) is 2.66. The van der Waals surface area contributed by atoms with E-state index in [4.69, 9.17) is 11.6 Å². The van der Waals surface area contributed by atoms with Gasteiger partial charge in [0.25, 0.3) is 5.56 Å². The van der Waals surface area contributed by atoms with Crippen molar-refractivity contribution >= 4 is 23.0 Å². The van der Waals surface area contributed by atoms with E-state index in [1.54, 1.807) is 12.1 Å². The first-order valence-electron chi connectivity index (χ1n) is 8.30. The van der Waals surface area contributed by atoms with Gasteiger partial charge in [-0.3, -0.25) is 10.2 Å². The third-order valence-corrected chi connectivity index (χ3v) is 4.20. The van der Waals surface area contributed by atoms with Gasteiger partial charge in [0.1, 0.15) is 10.7 Å². The van der Waals surface area contributed by atoms with Crippen LogP contribution in [0.2, 0.25) is 5.02 Å². The van der Waals surface area contributed by atoms with Gasteiger partial charge < -0.3 is 0 Å². The molecule has 0 aliphatic carbocycles. The summed E-state index contributed by atoms with van der Waals surface area (Å²) in [6, 6.07) is 19.0. The Hall–Kier alpha value is -2.92. The molecule has 0 aliphatic heterocycles. The highest BCUT2D eigenvalue weighted by molar-refractivity contribution is 6.33. The zero-order valence-electron chi connectivity index (χ0n) is 14.6. The number of benzene rings is 2. The van der Waals surface area contributed by atoms with Gasteiger partial charge in [-0.05, 0) is 23.6 Å². The van der Waals surface area contributed by atoms with Crippen LogP contribution in [0.4, 0.5) is 5.69 Å². The Bertz CT molecular complexity index is 966. The third kappa shape index (κ3) is 3.83. The first-order chi connectivity index (χ1) is 12.6. The topological polar surface area (TPSA) is 59.3 Å². The minimum absolute atomic E-state index is 0.0452. The Morgan fingerprint density at radius 1 is 1.08 bits per heavy atom. The molecule has 0 unspecified atom stereocenters. The molecule has 0 saturated heterocycles. The van der Waals surface area contributed by atoms with Crippen molar-refractivity contribution in [3.63, 3.8) is 0 Å². The van der Waals surface area contributed by atoms with Gasteiger partial charge in [0.2, 0.25) is 0 Å². The highest BCUT2D eigenvalue weighted by Gasteiger charge is 2.12. The van der Waals surface area contributed by atoms with Crippen molar-refractivity contribution in [3.05, 3.63) is 87.8 Å². The fraction of sp³-hybridized carbons (Fsp3) is 0.150. The fourth-order valence-electron chi connectivity index (χ4n) is 2.52. The highest BCUT2D eigenvalue weighted by Crippen LogP contribution is 2.18. The molecule has 0 spiro atoms. The van der Waals surface area contributed by atoms with E-state index in [2.05, 4.69) is 29.5 Å². The minimum Gasteiger partial charge on any atom is -0.275 e. The standard InChI is InChI=1S/C20H19ClN4O/c1-14(2)19(15-9-5-3-6-10-15)24-23-17-13-22-25(20(26)18(17)21)16-11-7-4-8-12-16/h3-14,23H,1-2H3/b24-19+. The zero-order chi connectivity index (χ0) is 18.5. The molecule has 1 heterocycles. The second-order valence-electron chi connectivity index (χ2n) is 6.05. The highest BCUT2D eigenvalue weighted by atomic mass is 35.5. The van der Waals surface area contributed by atoms with Crippen molar-refractivity contribution in [1.29, 1.82) is 0 Å². The van der Waals surface area contributed by atoms with Gasteiger partial charge in [0.15, 0.2) is 0 Å². The Balaban J connectivity index is 1.93. The van der Waals surface area contributed by atoms with Crippen LogP contribution in [0.25, 0.3) is 5.69 Å². The molecule has 3 rings (SSSR count). The van der Waals surface area contributed by atoms with E-state index in [-0.39, 0.29) is 10.9 Å². The molecule has 3 aromatic rings. The van der Waals surface area contributed by atoms with Gasteiger partial charge >= 0.3 is 0 Å². The molecule has 5 nitrogen and oxygen atoms in total. The molecule has 0 atom stereocenters. The predicted molar refractivity (Wildman–Crippen MR) is 106 cm³/mol. The SMILES string of the molecule is CC(C)/C(=N\Nc1cnn(-c2ccccc2)c(=O)c1Cl)c1ccccc1. The van der Waals surface area contributed by atoms with Gasteiger partial charge in [-0.15, -0.1) is 0 Å². The molecule has 0 fully saturated rings. The number of hydrogen-bond donors (Lipinski definition) is 1. The lowest BCUT2D eigenvalue weighted by Crippen LogP contribution is -2.22. The van der Waals surface area contributed by atoms with Crippen LogP contribution in [0, 0.1) is 5.92 Å². The van der Waals surface area contributed by atoms with Crippen molar-refractivity contribution in [2.45, 2.75) is 13.8 Å². The molecule has 6 heteroatoms. The predicted octanol–water partition coefficient (Wildman–Crippen LogP) is 4.36. The maximum atomic E-state index is 12.5. The van der Waals surface area contributed by atoms with E-state index < -0.39 is 5.56 Å². The van der Waals surface area contributed by atoms with Gasteiger partial charge in [0.05, 0.1) is 17.6 Å². The fourth-order valence-corrected chi connectivity index (χ4v) is 2.69. The zero-order valence-corrected chi connectivity index (χ0v) is 15.3. The Labute approximate surface area is 157 Å². The number of nitrogens with zero attached hydrogens (tertiary/aromatic N) is 3. The van der Waals surface area contributed by atoms with Crippen molar-refractivity contribution in [1.82, 2.24) is 9.78 Å². The van der Waals surface area contributed by atoms with Crippen LogP contribution in [0.3, 0.4) is 0 Å². The summed E-state index contributed by atoms with van der Waals surface area (Å²) in [5.41, 5.74) is 5.40. The smallest absolute Gasteiger partial charge is 0.275 e. The molecule has 2 aromatic carbocycles. The van der Waals surface area contributed by atoms with Crippen LogP contribution in [0.5, 0.6) is 0 Å². The molecule has 0 bridgehead atoms. The monoisotopic (exact) mass is 366 g/mol. The van der Waals surface area contributed by atoms with Gasteiger partial charge in [-0.1, -0.05) is 74.0 Å². The lowest BCUT2D eigenvalue weighted by molar-refractivity contribution is 0.807. The second kappa shape index (κ2) is 7.97. The summed E-state index contributed by atoms with van der Waals surface area (Å²) in [7, 11) is 0. The maximum Gasteiger partial charge on any atom is 0.292 e. The van der Waals surface area contributed by atoms with Crippen molar-refractivity contribution in [2.24, 2.45) is 11.0 Å². The number of nitrogens with one attached hydrogen (secondary N) is 1. The van der Waals surface area contributed by atoms with Crippen LogP contribution >= 0.6 is 11.6 Å². The van der Waals surface area contributed by atoms with Gasteiger partial charge in [0, 0.05) is 0 Å². The quantitative estimate of drug-likeness (QED) is 0.539. The van der Waals surface area contributed by atoms with Crippen LogP contribution in [0.15, 0.2) is 76.8 Å². The molecule has 26 heavy (non-hydrogen) atoms. The Morgan fingerprint density at radius 3 is 2.31 bits per heavy atom. The first-order valence-corrected chi connectivity index (χ1v) is 8.68. The van der Waals surface area contributed by atoms with Crippen LogP contribution in [-0.4, -0.2) is 15.5 Å². The number of anilines is 1. The van der Waals surface area contributed by atoms with Crippen molar-refractivity contribution < 1.29 is 0 Å². The number of halogens is 1. The average molecular weight is 367 g/mol. The van der Waals surface area contributed by atoms with Crippen molar-refractivity contribution in [2.75, 3.05) is 5.43 Å². The number of para-hydroxylation sites is 1. The van der Waals surface area contributed by atoms with E-state index in [0.29, 0.717) is 11.4 Å². The number of rotatable bonds is 5. The van der Waals surface area contributed by atoms with Crippen LogP contribution < -0.4 is 11.0 Å². The maximum absolute atomic E-state index is 12.5. The van der Waals surface area contributed by atoms with Crippen LogP contribution in [-0.2, 0) is 0 Å². The second-order valence-corrected chi connectivity index (χ2v) is 6.43. The number of hydrazone groups is 1. The summed E-state index contributed by atoms with van der Waals surface area (Å²) in [5, 5.41) is 8.70. The Morgan fingerprint density at radius 2 is 1.69 bits per heavy atom. The lowest BCUT2D eigenvalue weighted by atomic mass is 10.0. The molecular formula is C20H19ClN4O. The summed E-state index contributed by atoms with van der Waals surface area (Å²) in [6.07, 6.45) is 1.50. The summed E-state index contributed by atoms with van der Waals surface area (Å²) in [4.78, 5) is 12.5.